The summed E-state index contributed by atoms with van der Waals surface area (Å²) in [5, 5.41) is 2.99. The van der Waals surface area contributed by atoms with Crippen molar-refractivity contribution in [2.75, 3.05) is 41.3 Å². The van der Waals surface area contributed by atoms with Crippen molar-refractivity contribution in [1.29, 1.82) is 0 Å². The number of aromatic nitrogens is 2. The Morgan fingerprint density at radius 1 is 1.11 bits per heavy atom. The van der Waals surface area contributed by atoms with E-state index >= 15 is 0 Å². The number of aryl methyl sites for hydroxylation is 1. The molecule has 1 amide bonds. The summed E-state index contributed by atoms with van der Waals surface area (Å²) < 4.78 is 41.5. The van der Waals surface area contributed by atoms with Gasteiger partial charge in [-0.2, -0.15) is 13.2 Å². The summed E-state index contributed by atoms with van der Waals surface area (Å²) in [7, 11) is 0. The van der Waals surface area contributed by atoms with Gasteiger partial charge < -0.3 is 15.1 Å². The zero-order chi connectivity index (χ0) is 25.2. The highest BCUT2D eigenvalue weighted by Gasteiger charge is 2.40. The predicted octanol–water partition coefficient (Wildman–Crippen LogP) is 5.66. The number of anilines is 3. The fourth-order valence-electron chi connectivity index (χ4n) is 4.59. The summed E-state index contributed by atoms with van der Waals surface area (Å²) in [6.07, 6.45) is -3.46. The van der Waals surface area contributed by atoms with Crippen molar-refractivity contribution in [2.45, 2.75) is 39.8 Å². The number of fused-ring (bicyclic) bond motifs is 1. The van der Waals surface area contributed by atoms with E-state index in [1.807, 2.05) is 25.1 Å². The predicted molar refractivity (Wildman–Crippen MR) is 133 cm³/mol. The van der Waals surface area contributed by atoms with E-state index in [1.54, 1.807) is 23.1 Å². The van der Waals surface area contributed by atoms with Crippen LogP contribution in [-0.2, 0) is 11.0 Å². The number of halogens is 3. The standard InChI is InChI=1S/C26H30F3N5O/c1-4-33(5-2)19-12-13-20(17(3)15-19)32-25(35)18-9-8-14-34(16-18)24-23(26(27,28)29)30-21-10-6-7-11-22(21)31-24/h6-7,10-13,15,18H,4-5,8-9,14,16H2,1-3H3,(H,32,35). The van der Waals surface area contributed by atoms with Gasteiger partial charge in [-0.3, -0.25) is 4.79 Å². The van der Waals surface area contributed by atoms with Crippen LogP contribution in [0, 0.1) is 12.8 Å². The fraction of sp³-hybridized carbons (Fsp3) is 0.423. The zero-order valence-corrected chi connectivity index (χ0v) is 20.2. The maximum Gasteiger partial charge on any atom is 0.437 e. The second-order valence-corrected chi connectivity index (χ2v) is 8.83. The van der Waals surface area contributed by atoms with E-state index in [0.717, 1.165) is 24.3 Å². The summed E-state index contributed by atoms with van der Waals surface area (Å²) in [5.74, 6) is -0.871. The minimum atomic E-state index is -4.65. The Labute approximate surface area is 203 Å². The third-order valence-electron chi connectivity index (χ3n) is 6.51. The van der Waals surface area contributed by atoms with Crippen LogP contribution in [0.25, 0.3) is 11.0 Å². The van der Waals surface area contributed by atoms with Gasteiger partial charge >= 0.3 is 6.18 Å². The molecule has 2 heterocycles. The minimum absolute atomic E-state index is 0.151. The molecular formula is C26H30F3N5O. The third-order valence-corrected chi connectivity index (χ3v) is 6.51. The van der Waals surface area contributed by atoms with Crippen molar-refractivity contribution >= 4 is 34.1 Å². The van der Waals surface area contributed by atoms with Gasteiger partial charge in [-0.15, -0.1) is 0 Å². The summed E-state index contributed by atoms with van der Waals surface area (Å²) >= 11 is 0. The molecule has 35 heavy (non-hydrogen) atoms. The molecule has 1 aliphatic rings. The van der Waals surface area contributed by atoms with Crippen molar-refractivity contribution in [1.82, 2.24) is 9.97 Å². The number of nitrogens with zero attached hydrogens (tertiary/aromatic N) is 4. The van der Waals surface area contributed by atoms with Crippen LogP contribution >= 0.6 is 0 Å². The number of nitrogens with one attached hydrogen (secondary N) is 1. The van der Waals surface area contributed by atoms with Gasteiger partial charge in [0.15, 0.2) is 11.5 Å². The molecule has 1 aromatic heterocycles. The molecular weight excluding hydrogens is 455 g/mol. The molecule has 4 rings (SSSR count). The molecule has 1 N–H and O–H groups in total. The maximum absolute atomic E-state index is 13.8. The molecule has 0 aliphatic carbocycles. The van der Waals surface area contributed by atoms with Crippen LogP contribution in [0.3, 0.4) is 0 Å². The summed E-state index contributed by atoms with van der Waals surface area (Å²) in [6, 6.07) is 12.4. The first kappa shape index (κ1) is 24.8. The zero-order valence-electron chi connectivity index (χ0n) is 20.2. The van der Waals surface area contributed by atoms with Crippen molar-refractivity contribution in [3.8, 4) is 0 Å². The molecule has 0 saturated carbocycles. The van der Waals surface area contributed by atoms with Crippen molar-refractivity contribution in [3.63, 3.8) is 0 Å². The van der Waals surface area contributed by atoms with E-state index < -0.39 is 17.8 Å². The lowest BCUT2D eigenvalue weighted by Crippen LogP contribution is -2.42. The Kier molecular flexibility index (Phi) is 7.14. The molecule has 6 nitrogen and oxygen atoms in total. The number of piperidine rings is 1. The Hall–Kier alpha value is -3.36. The second-order valence-electron chi connectivity index (χ2n) is 8.83. The highest BCUT2D eigenvalue weighted by atomic mass is 19.4. The monoisotopic (exact) mass is 485 g/mol. The van der Waals surface area contributed by atoms with Gasteiger partial charge in [-0.1, -0.05) is 12.1 Å². The lowest BCUT2D eigenvalue weighted by Gasteiger charge is -2.34. The Morgan fingerprint density at radius 2 is 1.80 bits per heavy atom. The second kappa shape index (κ2) is 10.1. The van der Waals surface area contributed by atoms with Crippen LogP contribution in [-0.4, -0.2) is 42.1 Å². The molecule has 0 bridgehead atoms. The van der Waals surface area contributed by atoms with Gasteiger partial charge in [-0.25, -0.2) is 9.97 Å². The SMILES string of the molecule is CCN(CC)c1ccc(NC(=O)C2CCCN(c3nc4ccccc4nc3C(F)(F)F)C2)c(C)c1. The van der Waals surface area contributed by atoms with Crippen molar-refractivity contribution in [2.24, 2.45) is 5.92 Å². The molecule has 1 saturated heterocycles. The molecule has 2 aromatic carbocycles. The lowest BCUT2D eigenvalue weighted by atomic mass is 9.96. The number of carbonyl (C=O) groups excluding carboxylic acids is 1. The third kappa shape index (κ3) is 5.33. The van der Waals surface area contributed by atoms with Crippen LogP contribution in [0.1, 0.15) is 37.9 Å². The Morgan fingerprint density at radius 3 is 2.43 bits per heavy atom. The van der Waals surface area contributed by atoms with Gasteiger partial charge in [0.25, 0.3) is 0 Å². The number of rotatable bonds is 6. The smallest absolute Gasteiger partial charge is 0.372 e. The molecule has 1 atom stereocenters. The molecule has 1 fully saturated rings. The quantitative estimate of drug-likeness (QED) is 0.488. The number of carbonyl (C=O) groups is 1. The first-order valence-corrected chi connectivity index (χ1v) is 12.0. The summed E-state index contributed by atoms with van der Waals surface area (Å²) in [6.45, 7) is 8.43. The minimum Gasteiger partial charge on any atom is -0.372 e. The van der Waals surface area contributed by atoms with Crippen LogP contribution in [0.4, 0.5) is 30.4 Å². The van der Waals surface area contributed by atoms with E-state index in [0.29, 0.717) is 30.6 Å². The number of para-hydroxylation sites is 2. The molecule has 0 radical (unpaired) electrons. The number of amides is 1. The van der Waals surface area contributed by atoms with Gasteiger partial charge in [0, 0.05) is 37.6 Å². The molecule has 1 aliphatic heterocycles. The average Bonchev–Trinajstić information content (AvgIpc) is 2.85. The molecule has 1 unspecified atom stereocenters. The number of hydrogen-bond acceptors (Lipinski definition) is 5. The highest BCUT2D eigenvalue weighted by molar-refractivity contribution is 5.94. The maximum atomic E-state index is 13.8. The van der Waals surface area contributed by atoms with E-state index in [2.05, 4.69) is 34.0 Å². The normalized spacial score (nSPS) is 16.4. The Balaban J connectivity index is 1.55. The molecule has 0 spiro atoms. The Bertz CT molecular complexity index is 1210. The van der Waals surface area contributed by atoms with E-state index in [1.165, 1.54) is 6.07 Å². The van der Waals surface area contributed by atoms with Crippen LogP contribution in [0.2, 0.25) is 0 Å². The van der Waals surface area contributed by atoms with E-state index in [9.17, 15) is 18.0 Å². The molecule has 3 aromatic rings. The topological polar surface area (TPSA) is 61.4 Å². The van der Waals surface area contributed by atoms with Gasteiger partial charge in [-0.05, 0) is 69.5 Å². The number of hydrogen-bond donors (Lipinski definition) is 1. The summed E-state index contributed by atoms with van der Waals surface area (Å²) in [5.41, 5.74) is 2.31. The van der Waals surface area contributed by atoms with Crippen LogP contribution in [0.5, 0.6) is 0 Å². The van der Waals surface area contributed by atoms with E-state index in [-0.39, 0.29) is 23.8 Å². The first-order valence-electron chi connectivity index (χ1n) is 12.0. The van der Waals surface area contributed by atoms with Crippen molar-refractivity contribution < 1.29 is 18.0 Å². The highest BCUT2D eigenvalue weighted by Crippen LogP contribution is 2.37. The largest absolute Gasteiger partial charge is 0.437 e. The van der Waals surface area contributed by atoms with Crippen molar-refractivity contribution in [3.05, 3.63) is 53.7 Å². The van der Waals surface area contributed by atoms with Gasteiger partial charge in [0.2, 0.25) is 5.91 Å². The first-order chi connectivity index (χ1) is 16.7. The van der Waals surface area contributed by atoms with Gasteiger partial charge in [0.05, 0.1) is 17.0 Å². The van der Waals surface area contributed by atoms with Crippen LogP contribution in [0.15, 0.2) is 42.5 Å². The molecule has 186 valence electrons. The number of alkyl halides is 3. The fourth-order valence-corrected chi connectivity index (χ4v) is 4.59. The lowest BCUT2D eigenvalue weighted by molar-refractivity contribution is -0.140. The summed E-state index contributed by atoms with van der Waals surface area (Å²) in [4.78, 5) is 25.1. The van der Waals surface area contributed by atoms with E-state index in [4.69, 9.17) is 0 Å². The average molecular weight is 486 g/mol. The van der Waals surface area contributed by atoms with Gasteiger partial charge in [0.1, 0.15) is 0 Å². The van der Waals surface area contributed by atoms with Crippen LogP contribution < -0.4 is 15.1 Å². The molecule has 9 heteroatoms. The number of benzene rings is 2.